The molecule has 1 aromatic rings. The van der Waals surface area contributed by atoms with Crippen LogP contribution in [-0.2, 0) is 7.05 Å². The lowest BCUT2D eigenvalue weighted by Crippen LogP contribution is -2.37. The minimum absolute atomic E-state index is 0.0700. The topological polar surface area (TPSA) is 85.0 Å². The fraction of sp³-hybridized carbons (Fsp3) is 0.700. The van der Waals surface area contributed by atoms with Gasteiger partial charge in [0.1, 0.15) is 5.69 Å². The van der Waals surface area contributed by atoms with Crippen molar-refractivity contribution in [3.05, 3.63) is 15.8 Å². The third-order valence-corrected chi connectivity index (χ3v) is 3.16. The number of nitrogens with one attached hydrogen (secondary N) is 2. The Morgan fingerprint density at radius 3 is 2.88 bits per heavy atom. The fourth-order valence-corrected chi connectivity index (χ4v) is 2.22. The summed E-state index contributed by atoms with van der Waals surface area (Å²) in [5, 5.41) is 21.6. The predicted octanol–water partition coefficient (Wildman–Crippen LogP) is 0.801. The number of hydrogen-bond acceptors (Lipinski definition) is 5. The zero-order valence-corrected chi connectivity index (χ0v) is 10.3. The lowest BCUT2D eigenvalue weighted by Gasteiger charge is -2.25. The molecule has 1 aliphatic rings. The normalized spacial score (nSPS) is 23.9. The highest BCUT2D eigenvalue weighted by Gasteiger charge is 2.33. The zero-order valence-electron chi connectivity index (χ0n) is 10.3. The van der Waals surface area contributed by atoms with Gasteiger partial charge in [-0.05, 0) is 26.8 Å². The van der Waals surface area contributed by atoms with E-state index in [0.29, 0.717) is 11.5 Å². The van der Waals surface area contributed by atoms with Crippen LogP contribution in [0.15, 0.2) is 0 Å². The van der Waals surface area contributed by atoms with Gasteiger partial charge in [0.2, 0.25) is 5.82 Å². The summed E-state index contributed by atoms with van der Waals surface area (Å²) in [5.41, 5.74) is 0.362. The first kappa shape index (κ1) is 11.8. The molecule has 2 rings (SSSR count). The number of nitro groups is 1. The first-order valence-electron chi connectivity index (χ1n) is 5.60. The second-order valence-electron chi connectivity index (χ2n) is 4.78. The number of aryl methyl sites for hydroxylation is 2. The molecule has 1 saturated heterocycles. The van der Waals surface area contributed by atoms with Gasteiger partial charge in [0.15, 0.2) is 0 Å². The molecule has 2 N–H and O–H groups in total. The van der Waals surface area contributed by atoms with Crippen LogP contribution in [0, 0.1) is 17.0 Å². The van der Waals surface area contributed by atoms with Crippen molar-refractivity contribution in [3.8, 4) is 0 Å². The Morgan fingerprint density at radius 2 is 2.35 bits per heavy atom. The molecule has 0 amide bonds. The Bertz CT molecular complexity index is 448. The Labute approximate surface area is 99.3 Å². The number of aromatic nitrogens is 2. The first-order valence-corrected chi connectivity index (χ1v) is 5.60. The summed E-state index contributed by atoms with van der Waals surface area (Å²) in [6.07, 6.45) is 0.939. The Balaban J connectivity index is 2.34. The van der Waals surface area contributed by atoms with Gasteiger partial charge in [-0.1, -0.05) is 0 Å². The molecule has 1 unspecified atom stereocenters. The van der Waals surface area contributed by atoms with E-state index >= 15 is 0 Å². The molecule has 0 aromatic carbocycles. The molecular weight excluding hydrogens is 222 g/mol. The lowest BCUT2D eigenvalue weighted by molar-refractivity contribution is -0.384. The lowest BCUT2D eigenvalue weighted by atomic mass is 10.0. The predicted molar refractivity (Wildman–Crippen MR) is 64.1 cm³/mol. The van der Waals surface area contributed by atoms with Crippen molar-refractivity contribution in [3.63, 3.8) is 0 Å². The molecule has 0 radical (unpaired) electrons. The van der Waals surface area contributed by atoms with Crippen molar-refractivity contribution in [2.24, 2.45) is 7.05 Å². The maximum absolute atomic E-state index is 11.0. The maximum Gasteiger partial charge on any atom is 0.333 e. The smallest absolute Gasteiger partial charge is 0.333 e. The first-order chi connectivity index (χ1) is 7.93. The van der Waals surface area contributed by atoms with Crippen LogP contribution in [0.5, 0.6) is 0 Å². The highest BCUT2D eigenvalue weighted by atomic mass is 16.6. The molecule has 0 spiro atoms. The minimum atomic E-state index is -0.379. The standard InChI is InChI=1S/C10H17N5O2/c1-7-8(15(16)17)9(14(3)13-7)12-10(2)4-5-11-6-10/h11-12H,4-6H2,1-3H3. The Hall–Kier alpha value is -1.63. The monoisotopic (exact) mass is 239 g/mol. The molecule has 1 atom stereocenters. The summed E-state index contributed by atoms with van der Waals surface area (Å²) in [4.78, 5) is 10.7. The molecule has 94 valence electrons. The molecule has 1 aliphatic heterocycles. The molecule has 0 saturated carbocycles. The van der Waals surface area contributed by atoms with Gasteiger partial charge < -0.3 is 10.6 Å². The van der Waals surface area contributed by atoms with Gasteiger partial charge in [0.05, 0.1) is 4.92 Å². The van der Waals surface area contributed by atoms with Crippen LogP contribution in [0.2, 0.25) is 0 Å². The summed E-state index contributed by atoms with van der Waals surface area (Å²) in [7, 11) is 1.72. The van der Waals surface area contributed by atoms with E-state index in [-0.39, 0.29) is 16.1 Å². The minimum Gasteiger partial charge on any atom is -0.358 e. The van der Waals surface area contributed by atoms with Crippen LogP contribution < -0.4 is 10.6 Å². The summed E-state index contributed by atoms with van der Waals surface area (Å²) >= 11 is 0. The Morgan fingerprint density at radius 1 is 1.65 bits per heavy atom. The van der Waals surface area contributed by atoms with Crippen molar-refractivity contribution in [1.82, 2.24) is 15.1 Å². The SMILES string of the molecule is Cc1nn(C)c(NC2(C)CCNC2)c1[N+](=O)[O-]. The van der Waals surface area contributed by atoms with Crippen LogP contribution in [0.1, 0.15) is 19.0 Å². The molecule has 1 fully saturated rings. The van der Waals surface area contributed by atoms with Crippen molar-refractivity contribution >= 4 is 11.5 Å². The van der Waals surface area contributed by atoms with Gasteiger partial charge in [0.25, 0.3) is 0 Å². The maximum atomic E-state index is 11.0. The van der Waals surface area contributed by atoms with Crippen LogP contribution in [0.25, 0.3) is 0 Å². The van der Waals surface area contributed by atoms with Gasteiger partial charge in [-0.15, -0.1) is 0 Å². The third-order valence-electron chi connectivity index (χ3n) is 3.16. The van der Waals surface area contributed by atoms with Gasteiger partial charge in [0, 0.05) is 19.1 Å². The van der Waals surface area contributed by atoms with E-state index in [0.717, 1.165) is 19.5 Å². The molecule has 17 heavy (non-hydrogen) atoms. The second-order valence-corrected chi connectivity index (χ2v) is 4.78. The highest BCUT2D eigenvalue weighted by molar-refractivity contribution is 5.60. The molecule has 7 nitrogen and oxygen atoms in total. The number of rotatable bonds is 3. The fourth-order valence-electron chi connectivity index (χ4n) is 2.22. The zero-order chi connectivity index (χ0) is 12.6. The van der Waals surface area contributed by atoms with Crippen LogP contribution >= 0.6 is 0 Å². The van der Waals surface area contributed by atoms with E-state index in [1.54, 1.807) is 14.0 Å². The highest BCUT2D eigenvalue weighted by Crippen LogP contribution is 2.31. The number of anilines is 1. The van der Waals surface area contributed by atoms with E-state index in [9.17, 15) is 10.1 Å². The van der Waals surface area contributed by atoms with E-state index in [2.05, 4.69) is 22.7 Å². The second kappa shape index (κ2) is 3.99. The van der Waals surface area contributed by atoms with Crippen molar-refractivity contribution in [2.75, 3.05) is 18.4 Å². The molecule has 0 bridgehead atoms. The molecular formula is C10H17N5O2. The summed E-state index contributed by atoms with van der Waals surface area (Å²) in [6.45, 7) is 5.43. The molecule has 7 heteroatoms. The van der Waals surface area contributed by atoms with Gasteiger partial charge in [-0.25, -0.2) is 4.68 Å². The summed E-state index contributed by atoms with van der Waals surface area (Å²) < 4.78 is 1.54. The van der Waals surface area contributed by atoms with Gasteiger partial charge >= 0.3 is 5.69 Å². The van der Waals surface area contributed by atoms with Gasteiger partial charge in [-0.3, -0.25) is 10.1 Å². The summed E-state index contributed by atoms with van der Waals surface area (Å²) in [5.74, 6) is 0.485. The van der Waals surface area contributed by atoms with E-state index in [1.165, 1.54) is 4.68 Å². The number of nitrogens with zero attached hydrogens (tertiary/aromatic N) is 3. The average molecular weight is 239 g/mol. The third kappa shape index (κ3) is 2.10. The van der Waals surface area contributed by atoms with Gasteiger partial charge in [-0.2, -0.15) is 5.10 Å². The van der Waals surface area contributed by atoms with Crippen molar-refractivity contribution in [1.29, 1.82) is 0 Å². The van der Waals surface area contributed by atoms with Crippen LogP contribution in [-0.4, -0.2) is 33.3 Å². The Kier molecular flexibility index (Phi) is 2.78. The average Bonchev–Trinajstić information content (AvgIpc) is 2.73. The van der Waals surface area contributed by atoms with Crippen LogP contribution in [0.4, 0.5) is 11.5 Å². The quantitative estimate of drug-likeness (QED) is 0.602. The van der Waals surface area contributed by atoms with Crippen molar-refractivity contribution in [2.45, 2.75) is 25.8 Å². The molecule has 1 aromatic heterocycles. The van der Waals surface area contributed by atoms with Crippen LogP contribution in [0.3, 0.4) is 0 Å². The largest absolute Gasteiger partial charge is 0.358 e. The number of hydrogen-bond donors (Lipinski definition) is 2. The van der Waals surface area contributed by atoms with Crippen molar-refractivity contribution < 1.29 is 4.92 Å². The molecule has 0 aliphatic carbocycles. The molecule has 2 heterocycles. The van der Waals surface area contributed by atoms with E-state index < -0.39 is 0 Å². The van der Waals surface area contributed by atoms with E-state index in [4.69, 9.17) is 0 Å². The summed E-state index contributed by atoms with van der Waals surface area (Å²) in [6, 6.07) is 0. The van der Waals surface area contributed by atoms with E-state index in [1.807, 2.05) is 0 Å².